The lowest BCUT2D eigenvalue weighted by atomic mass is 9.88. The number of nitrogens with one attached hydrogen (secondary N) is 4. The zero-order valence-electron chi connectivity index (χ0n) is 15.8. The first kappa shape index (κ1) is 19.3. The average molecular weight is 436 g/mol. The molecule has 0 spiro atoms. The predicted molar refractivity (Wildman–Crippen MR) is 106 cm³/mol. The van der Waals surface area contributed by atoms with Crippen LogP contribution in [-0.2, 0) is 15.3 Å². The molecule has 4 heterocycles. The SMILES string of the molecule is NC1(C2C(=O)NC(=O)NC2=O)N=C(c2c(O)[nH]c(=O)[nH]c2=O)c2nc3ccccc3nc21. The molecule has 32 heavy (non-hydrogen) atoms. The highest BCUT2D eigenvalue weighted by Crippen LogP contribution is 2.39. The van der Waals surface area contributed by atoms with Gasteiger partial charge in [-0.05, 0) is 12.1 Å². The molecule has 4 amide bonds. The lowest BCUT2D eigenvalue weighted by molar-refractivity contribution is -0.139. The summed E-state index contributed by atoms with van der Waals surface area (Å²) in [5.74, 6) is -4.65. The van der Waals surface area contributed by atoms with E-state index in [2.05, 4.69) is 15.0 Å². The third kappa shape index (κ3) is 2.63. The van der Waals surface area contributed by atoms with Gasteiger partial charge in [-0.15, -0.1) is 0 Å². The zero-order valence-corrected chi connectivity index (χ0v) is 15.8. The van der Waals surface area contributed by atoms with Gasteiger partial charge >= 0.3 is 11.7 Å². The quantitative estimate of drug-likeness (QED) is 0.236. The van der Waals surface area contributed by atoms with Gasteiger partial charge in [0.05, 0.1) is 11.0 Å². The molecule has 1 aromatic carbocycles. The van der Waals surface area contributed by atoms with Crippen molar-refractivity contribution in [3.8, 4) is 5.88 Å². The Morgan fingerprint density at radius 1 is 0.938 bits per heavy atom. The number of hydrogen-bond acceptors (Lipinski definition) is 10. The van der Waals surface area contributed by atoms with Crippen LogP contribution in [0, 0.1) is 5.92 Å². The highest BCUT2D eigenvalue weighted by Gasteiger charge is 2.55. The number of carbonyl (C=O) groups is 3. The van der Waals surface area contributed by atoms with E-state index in [0.29, 0.717) is 11.0 Å². The summed E-state index contributed by atoms with van der Waals surface area (Å²) >= 11 is 0. The molecule has 160 valence electrons. The van der Waals surface area contributed by atoms with Crippen LogP contribution in [0.5, 0.6) is 5.88 Å². The number of rotatable bonds is 2. The summed E-state index contributed by atoms with van der Waals surface area (Å²) in [5, 5.41) is 14.1. The second-order valence-electron chi connectivity index (χ2n) is 7.07. The summed E-state index contributed by atoms with van der Waals surface area (Å²) in [5.41, 5.74) is 1.97. The first-order chi connectivity index (χ1) is 15.2. The van der Waals surface area contributed by atoms with E-state index in [0.717, 1.165) is 0 Å². The number of benzene rings is 1. The summed E-state index contributed by atoms with van der Waals surface area (Å²) in [6.07, 6.45) is 0. The van der Waals surface area contributed by atoms with Crippen molar-refractivity contribution in [2.75, 3.05) is 0 Å². The molecule has 1 unspecified atom stereocenters. The van der Waals surface area contributed by atoms with Gasteiger partial charge in [-0.3, -0.25) is 40.0 Å². The van der Waals surface area contributed by atoms with Crippen molar-refractivity contribution in [2.24, 2.45) is 16.6 Å². The number of hydrogen-bond donors (Lipinski definition) is 6. The number of aromatic amines is 2. The molecule has 1 fully saturated rings. The van der Waals surface area contributed by atoms with E-state index in [4.69, 9.17) is 5.73 Å². The minimum atomic E-state index is -2.19. The minimum absolute atomic E-state index is 0.0865. The van der Waals surface area contributed by atoms with Gasteiger partial charge in [-0.1, -0.05) is 12.1 Å². The standard InChI is InChI=1S/C18H12N8O6/c19-18(8-14(29)24-17(32)25-15(8)30)11-10(20-5-3-1-2-4-6(5)21-11)9(26-18)7-12(27)22-16(31)23-13(7)28/h1-4,8H,19H2,(H3,22,23,27,28,31)(H2,24,25,29,30,32). The number of urea groups is 1. The Morgan fingerprint density at radius 2 is 1.56 bits per heavy atom. The number of barbiturate groups is 1. The lowest BCUT2D eigenvalue weighted by Gasteiger charge is -2.31. The first-order valence-electron chi connectivity index (χ1n) is 9.07. The summed E-state index contributed by atoms with van der Waals surface area (Å²) in [7, 11) is 0. The van der Waals surface area contributed by atoms with Crippen LogP contribution in [0.2, 0.25) is 0 Å². The molecule has 2 aliphatic rings. The van der Waals surface area contributed by atoms with Gasteiger partial charge in [0.25, 0.3) is 5.56 Å². The Kier molecular flexibility index (Phi) is 3.84. The maximum absolute atomic E-state index is 12.5. The summed E-state index contributed by atoms with van der Waals surface area (Å²) in [4.78, 5) is 77.6. The van der Waals surface area contributed by atoms with Crippen molar-refractivity contribution in [1.82, 2.24) is 30.6 Å². The molecule has 1 atom stereocenters. The number of imide groups is 2. The molecule has 5 rings (SSSR count). The van der Waals surface area contributed by atoms with E-state index in [9.17, 15) is 29.1 Å². The number of nitrogens with zero attached hydrogens (tertiary/aromatic N) is 3. The van der Waals surface area contributed by atoms with Crippen LogP contribution in [-0.4, -0.2) is 48.6 Å². The fraction of sp³-hybridized carbons (Fsp3) is 0.111. The van der Waals surface area contributed by atoms with Gasteiger partial charge in [0.1, 0.15) is 22.7 Å². The maximum atomic E-state index is 12.5. The molecule has 14 nitrogen and oxygen atoms in total. The van der Waals surface area contributed by atoms with E-state index in [1.165, 1.54) is 0 Å². The Labute approximate surface area is 175 Å². The molecule has 2 aliphatic heterocycles. The summed E-state index contributed by atoms with van der Waals surface area (Å²) < 4.78 is 0. The Balaban J connectivity index is 1.83. The fourth-order valence-electron chi connectivity index (χ4n) is 3.72. The van der Waals surface area contributed by atoms with E-state index in [1.807, 2.05) is 20.6 Å². The van der Waals surface area contributed by atoms with Crippen LogP contribution in [0.1, 0.15) is 17.0 Å². The third-order valence-electron chi connectivity index (χ3n) is 5.07. The largest absolute Gasteiger partial charge is 0.494 e. The molecule has 1 saturated heterocycles. The molecular formula is C18H12N8O6. The number of aromatic nitrogens is 4. The Bertz CT molecular complexity index is 1500. The van der Waals surface area contributed by atoms with Gasteiger partial charge in [0.15, 0.2) is 11.6 Å². The van der Waals surface area contributed by atoms with Crippen molar-refractivity contribution in [1.29, 1.82) is 0 Å². The number of H-pyrrole nitrogens is 2. The molecule has 2 aromatic heterocycles. The topological polar surface area (TPSA) is 225 Å². The Hall–Kier alpha value is -4.72. The van der Waals surface area contributed by atoms with E-state index in [1.54, 1.807) is 24.3 Å². The average Bonchev–Trinajstić information content (AvgIpc) is 2.97. The monoisotopic (exact) mass is 436 g/mol. The fourth-order valence-corrected chi connectivity index (χ4v) is 3.72. The van der Waals surface area contributed by atoms with Crippen LogP contribution in [0.15, 0.2) is 38.8 Å². The van der Waals surface area contributed by atoms with E-state index in [-0.39, 0.29) is 17.1 Å². The highest BCUT2D eigenvalue weighted by molar-refractivity contribution is 6.20. The lowest BCUT2D eigenvalue weighted by Crippen LogP contribution is -2.63. The van der Waals surface area contributed by atoms with Gasteiger partial charge in [-0.2, -0.15) is 0 Å². The predicted octanol–water partition coefficient (Wildman–Crippen LogP) is -2.34. The van der Waals surface area contributed by atoms with Crippen molar-refractivity contribution < 1.29 is 19.5 Å². The second-order valence-corrected chi connectivity index (χ2v) is 7.07. The van der Waals surface area contributed by atoms with Crippen molar-refractivity contribution in [3.63, 3.8) is 0 Å². The number of amides is 4. The van der Waals surface area contributed by atoms with Crippen LogP contribution >= 0.6 is 0 Å². The van der Waals surface area contributed by atoms with Gasteiger partial charge in [0, 0.05) is 0 Å². The molecule has 0 radical (unpaired) electrons. The molecule has 0 bridgehead atoms. The van der Waals surface area contributed by atoms with Crippen LogP contribution in [0.4, 0.5) is 4.79 Å². The summed E-state index contributed by atoms with van der Waals surface area (Å²) in [6, 6.07) is 5.56. The number of para-hydroxylation sites is 2. The minimum Gasteiger partial charge on any atom is -0.494 e. The zero-order chi connectivity index (χ0) is 22.8. The highest BCUT2D eigenvalue weighted by atomic mass is 16.3. The molecule has 14 heteroatoms. The van der Waals surface area contributed by atoms with Crippen molar-refractivity contribution in [2.45, 2.75) is 5.66 Å². The number of carbonyl (C=O) groups excluding carboxylic acids is 3. The second kappa shape index (κ2) is 6.39. The Morgan fingerprint density at radius 3 is 2.19 bits per heavy atom. The number of aromatic hydroxyl groups is 1. The number of aliphatic imine (C=N–C) groups is 1. The molecule has 0 aliphatic carbocycles. The molecular weight excluding hydrogens is 424 g/mol. The van der Waals surface area contributed by atoms with Crippen molar-refractivity contribution in [3.05, 3.63) is 62.1 Å². The van der Waals surface area contributed by atoms with E-state index >= 15 is 0 Å². The van der Waals surface area contributed by atoms with Crippen LogP contribution in [0.25, 0.3) is 11.0 Å². The molecule has 7 N–H and O–H groups in total. The van der Waals surface area contributed by atoms with Gasteiger partial charge < -0.3 is 10.8 Å². The van der Waals surface area contributed by atoms with Crippen molar-refractivity contribution >= 4 is 34.6 Å². The van der Waals surface area contributed by atoms with Crippen LogP contribution < -0.4 is 27.6 Å². The first-order valence-corrected chi connectivity index (χ1v) is 9.07. The number of nitrogens with two attached hydrogens (primary N) is 1. The normalized spacial score (nSPS) is 20.7. The van der Waals surface area contributed by atoms with Crippen LogP contribution in [0.3, 0.4) is 0 Å². The maximum Gasteiger partial charge on any atom is 0.328 e. The number of fused-ring (bicyclic) bond motifs is 2. The third-order valence-corrected chi connectivity index (χ3v) is 5.07. The van der Waals surface area contributed by atoms with E-state index < -0.39 is 52.1 Å². The molecule has 3 aromatic rings. The van der Waals surface area contributed by atoms with Gasteiger partial charge in [0.2, 0.25) is 17.7 Å². The summed E-state index contributed by atoms with van der Waals surface area (Å²) in [6.45, 7) is 0. The molecule has 0 saturated carbocycles. The van der Waals surface area contributed by atoms with Gasteiger partial charge in [-0.25, -0.2) is 19.6 Å². The smallest absolute Gasteiger partial charge is 0.328 e.